The first-order valence-corrected chi connectivity index (χ1v) is 10.1. The van der Waals surface area contributed by atoms with Gasteiger partial charge < -0.3 is 24.8 Å². The van der Waals surface area contributed by atoms with Crippen LogP contribution in [0.4, 0.5) is 11.9 Å². The molecule has 10 nitrogen and oxygen atoms in total. The Kier molecular flexibility index (Phi) is 5.78. The van der Waals surface area contributed by atoms with E-state index in [1.807, 2.05) is 6.33 Å². The van der Waals surface area contributed by atoms with Gasteiger partial charge in [0.1, 0.15) is 11.2 Å². The van der Waals surface area contributed by atoms with Crippen LogP contribution >= 0.6 is 0 Å². The third-order valence-corrected chi connectivity index (χ3v) is 5.74. The lowest BCUT2D eigenvalue weighted by molar-refractivity contribution is 0.122. The molecule has 160 valence electrons. The number of morpholine rings is 1. The summed E-state index contributed by atoms with van der Waals surface area (Å²) >= 11 is 0. The van der Waals surface area contributed by atoms with Crippen LogP contribution in [0.2, 0.25) is 0 Å². The zero-order chi connectivity index (χ0) is 19.8. The highest BCUT2D eigenvalue weighted by Crippen LogP contribution is 2.31. The van der Waals surface area contributed by atoms with E-state index in [0.29, 0.717) is 25.2 Å². The maximum Gasteiger partial charge on any atom is 0.228 e. The van der Waals surface area contributed by atoms with Crippen molar-refractivity contribution in [3.05, 3.63) is 18.7 Å². The predicted octanol–water partition coefficient (Wildman–Crippen LogP) is 1.60. The van der Waals surface area contributed by atoms with E-state index in [2.05, 4.69) is 36.2 Å². The molecule has 1 unspecified atom stereocenters. The fourth-order valence-corrected chi connectivity index (χ4v) is 4.07. The first-order valence-electron chi connectivity index (χ1n) is 10.1. The highest BCUT2D eigenvalue weighted by Gasteiger charge is 2.27. The van der Waals surface area contributed by atoms with Gasteiger partial charge in [-0.3, -0.25) is 0 Å². The van der Waals surface area contributed by atoms with Crippen molar-refractivity contribution in [3.8, 4) is 11.3 Å². The molecule has 0 amide bonds. The molecule has 30 heavy (non-hydrogen) atoms. The predicted molar refractivity (Wildman–Crippen MR) is 116 cm³/mol. The van der Waals surface area contributed by atoms with E-state index < -0.39 is 0 Å². The lowest BCUT2D eigenvalue weighted by atomic mass is 10.2. The maximum atomic E-state index is 5.68. The monoisotopic (exact) mass is 411 g/mol. The van der Waals surface area contributed by atoms with Crippen molar-refractivity contribution in [3.63, 3.8) is 0 Å². The van der Waals surface area contributed by atoms with Crippen molar-refractivity contribution >= 4 is 23.1 Å². The molecule has 0 saturated carbocycles. The average molecular weight is 412 g/mol. The van der Waals surface area contributed by atoms with E-state index in [9.17, 15) is 0 Å². The Morgan fingerprint density at radius 2 is 1.87 bits per heavy atom. The van der Waals surface area contributed by atoms with Crippen LogP contribution in [0.25, 0.3) is 22.4 Å². The van der Waals surface area contributed by atoms with Crippen molar-refractivity contribution in [1.29, 1.82) is 0 Å². The van der Waals surface area contributed by atoms with Crippen LogP contribution < -0.4 is 10.6 Å². The number of likely N-dealkylation sites (N-methyl/N-ethyl adjacent to an activating group) is 1. The molecule has 3 aromatic heterocycles. The molecule has 2 N–H and O–H groups in total. The first kappa shape index (κ1) is 20.4. The Bertz CT molecular complexity index is 997. The third kappa shape index (κ3) is 3.68. The van der Waals surface area contributed by atoms with Crippen molar-refractivity contribution < 1.29 is 4.74 Å². The van der Waals surface area contributed by atoms with Gasteiger partial charge in [-0.1, -0.05) is 14.4 Å². The molecular formula is C20H29N9O. The van der Waals surface area contributed by atoms with Crippen LogP contribution in [0, 0.1) is 0 Å². The number of imidazole rings is 1. The molecule has 2 saturated heterocycles. The Balaban J connectivity index is 0.00000218. The zero-order valence-electron chi connectivity index (χ0n) is 16.5. The Labute approximate surface area is 176 Å². The zero-order valence-corrected chi connectivity index (χ0v) is 16.5. The smallest absolute Gasteiger partial charge is 0.228 e. The van der Waals surface area contributed by atoms with Gasteiger partial charge in [-0.25, -0.2) is 19.9 Å². The van der Waals surface area contributed by atoms with Gasteiger partial charge in [-0.2, -0.15) is 4.98 Å². The van der Waals surface area contributed by atoms with Gasteiger partial charge >= 0.3 is 0 Å². The number of anilines is 2. The number of likely N-dealkylation sites (tertiary alicyclic amines) is 1. The van der Waals surface area contributed by atoms with Crippen molar-refractivity contribution in [1.82, 2.24) is 34.4 Å². The van der Waals surface area contributed by atoms with Crippen LogP contribution in [0.1, 0.15) is 26.8 Å². The van der Waals surface area contributed by atoms with Gasteiger partial charge in [0.15, 0.2) is 5.65 Å². The molecule has 2 aliphatic rings. The molecule has 10 heteroatoms. The first-order chi connectivity index (χ1) is 14.2. The van der Waals surface area contributed by atoms with Crippen molar-refractivity contribution in [2.45, 2.75) is 26.8 Å². The number of nitrogen functional groups attached to an aromatic ring is 1. The van der Waals surface area contributed by atoms with Crippen LogP contribution in [0.15, 0.2) is 18.7 Å². The lowest BCUT2D eigenvalue weighted by Crippen LogP contribution is -2.37. The largest absolute Gasteiger partial charge is 0.378 e. The highest BCUT2D eigenvalue weighted by molar-refractivity contribution is 5.88. The summed E-state index contributed by atoms with van der Waals surface area (Å²) in [5.41, 5.74) is 8.82. The van der Waals surface area contributed by atoms with Gasteiger partial charge in [-0.15, -0.1) is 0 Å². The van der Waals surface area contributed by atoms with Crippen LogP contribution in [-0.4, -0.2) is 80.3 Å². The van der Waals surface area contributed by atoms with Gasteiger partial charge in [0.2, 0.25) is 11.9 Å². The fourth-order valence-electron chi connectivity index (χ4n) is 4.07. The van der Waals surface area contributed by atoms with E-state index in [4.69, 9.17) is 20.4 Å². The minimum absolute atomic E-state index is 0. The molecule has 5 rings (SSSR count). The molecular weight excluding hydrogens is 382 g/mol. The summed E-state index contributed by atoms with van der Waals surface area (Å²) in [6.07, 6.45) is 6.38. The lowest BCUT2D eigenvalue weighted by Gasteiger charge is -2.27. The van der Waals surface area contributed by atoms with Crippen LogP contribution in [0.5, 0.6) is 0 Å². The van der Waals surface area contributed by atoms with E-state index in [1.165, 1.54) is 0 Å². The summed E-state index contributed by atoms with van der Waals surface area (Å²) in [5, 5.41) is 0. The number of aromatic nitrogens is 6. The standard InChI is InChI=1S/C19H25N9O.CH4/c1-2-26-4-3-14(11-26)28-12-23-16-15(13-9-21-18(20)22-10-13)24-19(25-17(16)28)27-5-7-29-8-6-27;/h9-10,12,14H,2-8,11H2,1H3,(H2,20,21,22);1H4. The second-order valence-corrected chi connectivity index (χ2v) is 7.46. The molecule has 0 aliphatic carbocycles. The summed E-state index contributed by atoms with van der Waals surface area (Å²) < 4.78 is 7.70. The Hall–Kier alpha value is -2.85. The number of hydrogen-bond donors (Lipinski definition) is 1. The fraction of sp³-hybridized carbons (Fsp3) is 0.550. The number of nitrogens with two attached hydrogens (primary N) is 1. The molecule has 5 heterocycles. The number of hydrogen-bond acceptors (Lipinski definition) is 9. The van der Waals surface area contributed by atoms with E-state index in [-0.39, 0.29) is 13.4 Å². The number of ether oxygens (including phenoxy) is 1. The Morgan fingerprint density at radius 1 is 1.10 bits per heavy atom. The summed E-state index contributed by atoms with van der Waals surface area (Å²) in [6, 6.07) is 0.364. The second kappa shape index (κ2) is 8.49. The van der Waals surface area contributed by atoms with Crippen LogP contribution in [-0.2, 0) is 4.74 Å². The highest BCUT2D eigenvalue weighted by atomic mass is 16.5. The summed E-state index contributed by atoms with van der Waals surface area (Å²) in [4.78, 5) is 27.4. The average Bonchev–Trinajstić information content (AvgIpc) is 3.41. The maximum absolute atomic E-state index is 5.68. The van der Waals surface area contributed by atoms with Crippen molar-refractivity contribution in [2.24, 2.45) is 0 Å². The molecule has 0 aromatic carbocycles. The topological polar surface area (TPSA) is 111 Å². The minimum Gasteiger partial charge on any atom is -0.378 e. The molecule has 2 fully saturated rings. The number of rotatable bonds is 4. The normalized spacial score (nSPS) is 19.9. The Morgan fingerprint density at radius 3 is 2.57 bits per heavy atom. The summed E-state index contributed by atoms with van der Waals surface area (Å²) in [5.74, 6) is 0.934. The van der Waals surface area contributed by atoms with E-state index in [1.54, 1.807) is 12.4 Å². The number of nitrogens with zero attached hydrogens (tertiary/aromatic N) is 8. The van der Waals surface area contributed by atoms with Crippen LogP contribution in [0.3, 0.4) is 0 Å². The third-order valence-electron chi connectivity index (χ3n) is 5.74. The SMILES string of the molecule is C.CCN1CCC(n2cnc3c(-c4cnc(N)nc4)nc(N4CCOCC4)nc32)C1. The minimum atomic E-state index is 0. The molecule has 0 radical (unpaired) electrons. The quantitative estimate of drug-likeness (QED) is 0.684. The summed E-state index contributed by atoms with van der Waals surface area (Å²) in [6.45, 7) is 8.26. The summed E-state index contributed by atoms with van der Waals surface area (Å²) in [7, 11) is 0. The van der Waals surface area contributed by atoms with E-state index >= 15 is 0 Å². The van der Waals surface area contributed by atoms with Crippen molar-refractivity contribution in [2.75, 3.05) is 56.6 Å². The molecule has 0 spiro atoms. The van der Waals surface area contributed by atoms with Gasteiger partial charge in [0.05, 0.1) is 25.6 Å². The molecule has 1 atom stereocenters. The van der Waals surface area contributed by atoms with Gasteiger partial charge in [0, 0.05) is 44.1 Å². The molecule has 0 bridgehead atoms. The van der Waals surface area contributed by atoms with E-state index in [0.717, 1.165) is 61.6 Å². The van der Waals surface area contributed by atoms with Gasteiger partial charge in [-0.05, 0) is 13.0 Å². The second-order valence-electron chi connectivity index (χ2n) is 7.46. The van der Waals surface area contributed by atoms with Gasteiger partial charge in [0.25, 0.3) is 0 Å². The molecule has 3 aromatic rings. The molecule has 2 aliphatic heterocycles. The number of fused-ring (bicyclic) bond motifs is 1.